The molecule has 2 aliphatic rings. The van der Waals surface area contributed by atoms with Gasteiger partial charge in [-0.05, 0) is 48.9 Å². The highest BCUT2D eigenvalue weighted by Gasteiger charge is 2.41. The van der Waals surface area contributed by atoms with Crippen LogP contribution in [0.3, 0.4) is 0 Å². The summed E-state index contributed by atoms with van der Waals surface area (Å²) in [5.41, 5.74) is 1.36. The molecule has 2 aliphatic heterocycles. The Morgan fingerprint density at radius 1 is 1.15 bits per heavy atom. The molecule has 0 aromatic heterocycles. The molecule has 2 saturated heterocycles. The third-order valence-corrected chi connectivity index (χ3v) is 5.30. The number of fused-ring (bicyclic) bond motifs is 3. The van der Waals surface area contributed by atoms with Crippen molar-refractivity contribution in [1.82, 2.24) is 10.6 Å². The van der Waals surface area contributed by atoms with Crippen LogP contribution in [-0.4, -0.2) is 37.3 Å². The Hall–Kier alpha value is -1.34. The van der Waals surface area contributed by atoms with E-state index < -0.39 is 0 Å². The Labute approximate surface area is 172 Å². The van der Waals surface area contributed by atoms with Crippen LogP contribution in [0.25, 0.3) is 10.8 Å². The van der Waals surface area contributed by atoms with E-state index in [2.05, 4.69) is 60.0 Å². The van der Waals surface area contributed by atoms with Gasteiger partial charge in [-0.3, -0.25) is 4.99 Å². The van der Waals surface area contributed by atoms with Gasteiger partial charge in [0.25, 0.3) is 0 Å². The lowest BCUT2D eigenvalue weighted by Gasteiger charge is -2.22. The summed E-state index contributed by atoms with van der Waals surface area (Å²) >= 11 is 0. The topological polar surface area (TPSA) is 45.7 Å². The van der Waals surface area contributed by atoms with Gasteiger partial charge in [0.15, 0.2) is 5.96 Å². The number of aliphatic imine (C=N–C) groups is 1. The van der Waals surface area contributed by atoms with Crippen LogP contribution in [0, 0.1) is 0 Å². The first-order valence-electron chi connectivity index (χ1n) is 9.50. The average molecular weight is 465 g/mol. The van der Waals surface area contributed by atoms with Crippen molar-refractivity contribution in [3.05, 3.63) is 48.0 Å². The molecule has 2 fully saturated rings. The van der Waals surface area contributed by atoms with Crippen LogP contribution in [0.4, 0.5) is 0 Å². The third kappa shape index (κ3) is 4.31. The van der Waals surface area contributed by atoms with Crippen molar-refractivity contribution in [2.24, 2.45) is 4.99 Å². The number of benzene rings is 2. The zero-order chi connectivity index (χ0) is 17.1. The van der Waals surface area contributed by atoms with Crippen LogP contribution >= 0.6 is 24.0 Å². The second-order valence-corrected chi connectivity index (χ2v) is 7.01. The molecule has 5 heteroatoms. The number of hydrogen-bond donors (Lipinski definition) is 2. The summed E-state index contributed by atoms with van der Waals surface area (Å²) in [4.78, 5) is 4.80. The predicted octanol–water partition coefficient (Wildman–Crippen LogP) is 3.88. The summed E-state index contributed by atoms with van der Waals surface area (Å²) in [5.74, 6) is 0.920. The number of ether oxygens (including phenoxy) is 1. The molecule has 3 atom stereocenters. The SMILES string of the molecule is CCNC(=NCCc1cccc2ccccc12)NC1CC2CCC1O2.I. The minimum Gasteiger partial charge on any atom is -0.373 e. The number of hydrogen-bond acceptors (Lipinski definition) is 2. The molecular weight excluding hydrogens is 437 g/mol. The lowest BCUT2D eigenvalue weighted by atomic mass is 9.96. The monoisotopic (exact) mass is 465 g/mol. The van der Waals surface area contributed by atoms with Gasteiger partial charge in [-0.1, -0.05) is 42.5 Å². The number of rotatable bonds is 5. The standard InChI is InChI=1S/C21H27N3O.HI/c1-2-22-21(24-19-14-17-10-11-20(19)25-17)23-13-12-16-8-5-7-15-6-3-4-9-18(15)16;/h3-9,17,19-20H,2,10-14H2,1H3,(H2,22,23,24);1H. The van der Waals surface area contributed by atoms with Crippen molar-refractivity contribution in [3.63, 3.8) is 0 Å². The van der Waals surface area contributed by atoms with E-state index in [9.17, 15) is 0 Å². The molecule has 0 saturated carbocycles. The van der Waals surface area contributed by atoms with Crippen molar-refractivity contribution in [3.8, 4) is 0 Å². The molecular formula is C21H28IN3O. The lowest BCUT2D eigenvalue weighted by Crippen LogP contribution is -2.47. The first-order chi connectivity index (χ1) is 12.3. The van der Waals surface area contributed by atoms with E-state index in [1.807, 2.05) is 0 Å². The van der Waals surface area contributed by atoms with Gasteiger partial charge in [-0.15, -0.1) is 24.0 Å². The van der Waals surface area contributed by atoms with Crippen molar-refractivity contribution < 1.29 is 4.74 Å². The Balaban J connectivity index is 0.00000196. The van der Waals surface area contributed by atoms with Gasteiger partial charge < -0.3 is 15.4 Å². The normalized spacial score (nSPS) is 24.5. The Kier molecular flexibility index (Phi) is 6.75. The van der Waals surface area contributed by atoms with Gasteiger partial charge in [0.1, 0.15) is 0 Å². The molecule has 0 spiro atoms. The highest BCUT2D eigenvalue weighted by Crippen LogP contribution is 2.34. The molecule has 3 unspecified atom stereocenters. The molecule has 2 aromatic rings. The maximum absolute atomic E-state index is 5.94. The molecule has 0 aliphatic carbocycles. The second-order valence-electron chi connectivity index (χ2n) is 7.01. The van der Waals surface area contributed by atoms with E-state index >= 15 is 0 Å². The highest BCUT2D eigenvalue weighted by atomic mass is 127. The summed E-state index contributed by atoms with van der Waals surface area (Å²) in [7, 11) is 0. The molecule has 4 rings (SSSR count). The third-order valence-electron chi connectivity index (χ3n) is 5.30. The second kappa shape index (κ2) is 9.04. The number of halogens is 1. The van der Waals surface area contributed by atoms with Gasteiger partial charge in [-0.2, -0.15) is 0 Å². The summed E-state index contributed by atoms with van der Waals surface area (Å²) in [6.07, 6.45) is 5.28. The maximum Gasteiger partial charge on any atom is 0.191 e. The molecule has 2 N–H and O–H groups in total. The highest BCUT2D eigenvalue weighted by molar-refractivity contribution is 14.0. The lowest BCUT2D eigenvalue weighted by molar-refractivity contribution is 0.0992. The van der Waals surface area contributed by atoms with Crippen LogP contribution in [-0.2, 0) is 11.2 Å². The zero-order valence-electron chi connectivity index (χ0n) is 15.3. The van der Waals surface area contributed by atoms with Crippen molar-refractivity contribution in [2.45, 2.75) is 50.9 Å². The van der Waals surface area contributed by atoms with Gasteiger partial charge in [0, 0.05) is 13.1 Å². The predicted molar refractivity (Wildman–Crippen MR) is 118 cm³/mol. The quantitative estimate of drug-likeness (QED) is 0.401. The molecule has 0 amide bonds. The molecule has 0 radical (unpaired) electrons. The van der Waals surface area contributed by atoms with Crippen molar-refractivity contribution in [2.75, 3.05) is 13.1 Å². The summed E-state index contributed by atoms with van der Waals surface area (Å²) in [6, 6.07) is 15.5. The fraction of sp³-hybridized carbons (Fsp3) is 0.476. The smallest absolute Gasteiger partial charge is 0.191 e. The Morgan fingerprint density at radius 3 is 2.77 bits per heavy atom. The molecule has 2 aromatic carbocycles. The van der Waals surface area contributed by atoms with E-state index in [4.69, 9.17) is 9.73 Å². The van der Waals surface area contributed by atoms with Gasteiger partial charge in [0.2, 0.25) is 0 Å². The minimum absolute atomic E-state index is 0. The first kappa shape index (κ1) is 19.4. The number of nitrogens with zero attached hydrogens (tertiary/aromatic N) is 1. The maximum atomic E-state index is 5.94. The van der Waals surface area contributed by atoms with Gasteiger partial charge in [0.05, 0.1) is 18.2 Å². The molecule has 4 nitrogen and oxygen atoms in total. The molecule has 2 bridgehead atoms. The fourth-order valence-electron chi connectivity index (χ4n) is 4.08. The largest absolute Gasteiger partial charge is 0.373 e. The fourth-order valence-corrected chi connectivity index (χ4v) is 4.08. The van der Waals surface area contributed by atoms with Gasteiger partial charge >= 0.3 is 0 Å². The van der Waals surface area contributed by atoms with Crippen LogP contribution in [0.1, 0.15) is 31.7 Å². The number of guanidine groups is 1. The summed E-state index contributed by atoms with van der Waals surface area (Å²) < 4.78 is 5.94. The Bertz CT molecular complexity index is 759. The molecule has 26 heavy (non-hydrogen) atoms. The number of nitrogens with one attached hydrogen (secondary N) is 2. The van der Waals surface area contributed by atoms with Crippen molar-refractivity contribution in [1.29, 1.82) is 0 Å². The van der Waals surface area contributed by atoms with Gasteiger partial charge in [-0.25, -0.2) is 0 Å². The van der Waals surface area contributed by atoms with Crippen LogP contribution < -0.4 is 10.6 Å². The van der Waals surface area contributed by atoms with E-state index in [0.717, 1.165) is 31.9 Å². The Morgan fingerprint density at radius 2 is 2.00 bits per heavy atom. The molecule has 140 valence electrons. The minimum atomic E-state index is 0. The van der Waals surface area contributed by atoms with Crippen LogP contribution in [0.2, 0.25) is 0 Å². The van der Waals surface area contributed by atoms with Crippen molar-refractivity contribution >= 4 is 40.7 Å². The summed E-state index contributed by atoms with van der Waals surface area (Å²) in [5, 5.41) is 9.59. The van der Waals surface area contributed by atoms with Crippen LogP contribution in [0.5, 0.6) is 0 Å². The van der Waals surface area contributed by atoms with Crippen LogP contribution in [0.15, 0.2) is 47.5 Å². The first-order valence-corrected chi connectivity index (χ1v) is 9.50. The zero-order valence-corrected chi connectivity index (χ0v) is 17.6. The van der Waals surface area contributed by atoms with E-state index in [1.54, 1.807) is 0 Å². The average Bonchev–Trinajstić information content (AvgIpc) is 3.25. The van der Waals surface area contributed by atoms with E-state index in [-0.39, 0.29) is 24.0 Å². The molecule has 2 heterocycles. The van der Waals surface area contributed by atoms with E-state index in [1.165, 1.54) is 29.2 Å². The van der Waals surface area contributed by atoms with E-state index in [0.29, 0.717) is 18.2 Å². The summed E-state index contributed by atoms with van der Waals surface area (Å²) in [6.45, 7) is 3.77.